The van der Waals surface area contributed by atoms with Crippen molar-refractivity contribution < 1.29 is 25.9 Å². The Morgan fingerprint density at radius 3 is 2.27 bits per heavy atom. The molecule has 0 fully saturated rings. The third-order valence-corrected chi connectivity index (χ3v) is 11.4. The normalized spacial score (nSPS) is 18.2. The summed E-state index contributed by atoms with van der Waals surface area (Å²) in [5.74, 6) is -0.300. The Hall–Kier alpha value is -2.84. The minimum atomic E-state index is -4.07. The maximum atomic E-state index is 11.6. The molecule has 0 saturated carbocycles. The second-order valence-electron chi connectivity index (χ2n) is 10.8. The minimum Gasteiger partial charge on any atom is -0.354 e. The summed E-state index contributed by atoms with van der Waals surface area (Å²) >= 11 is 1.17. The van der Waals surface area contributed by atoms with Crippen LogP contribution in [-0.4, -0.2) is 52.6 Å². The van der Waals surface area contributed by atoms with E-state index in [0.29, 0.717) is 25.9 Å². The fourth-order valence-corrected chi connectivity index (χ4v) is 9.16. The average Bonchev–Trinajstić information content (AvgIpc) is 3.55. The van der Waals surface area contributed by atoms with Crippen LogP contribution in [0.3, 0.4) is 0 Å². The van der Waals surface area contributed by atoms with Gasteiger partial charge in [-0.25, -0.2) is 0 Å². The number of allylic oxidation sites excluding steroid dienone is 2. The Labute approximate surface area is 274 Å². The molecule has 4 aromatic carbocycles. The van der Waals surface area contributed by atoms with Gasteiger partial charge in [0.15, 0.2) is 0 Å². The van der Waals surface area contributed by atoms with E-state index in [1.54, 1.807) is 23.5 Å². The third kappa shape index (κ3) is 7.27. The largest absolute Gasteiger partial charge is 0.354 e. The molecule has 2 aliphatic heterocycles. The molecule has 2 unspecified atom stereocenters. The number of anilines is 2. The first kappa shape index (κ1) is 32.1. The molecule has 0 spiro atoms. The van der Waals surface area contributed by atoms with E-state index in [9.17, 15) is 17.2 Å². The summed E-state index contributed by atoms with van der Waals surface area (Å²) in [7, 11) is -4.07. The van der Waals surface area contributed by atoms with Crippen molar-refractivity contribution in [3.63, 3.8) is 0 Å². The lowest BCUT2D eigenvalue weighted by Gasteiger charge is -2.26. The van der Waals surface area contributed by atoms with Crippen molar-refractivity contribution in [1.29, 1.82) is 0 Å². The molecule has 4 aromatic rings. The zero-order chi connectivity index (χ0) is 31.6. The summed E-state index contributed by atoms with van der Waals surface area (Å²) in [4.78, 5) is 6.84. The zero-order valence-corrected chi connectivity index (χ0v) is 27.9. The van der Waals surface area contributed by atoms with Gasteiger partial charge in [-0.15, -0.1) is 0 Å². The molecule has 6 rings (SSSR count). The van der Waals surface area contributed by atoms with Gasteiger partial charge >= 0.3 is 11.4 Å². The SMILES string of the molecule is CCC(=CC1Sc2ccc3ccccc3c2N1CCCOS(=O)O)C=C1Sc2ccc3ccccc3c2N1CCCS(=O)(=O)O. The number of nitrogens with zero attached hydrogens (tertiary/aromatic N) is 2. The van der Waals surface area contributed by atoms with Crippen molar-refractivity contribution in [1.82, 2.24) is 0 Å². The molecule has 0 bridgehead atoms. The van der Waals surface area contributed by atoms with Gasteiger partial charge in [0.2, 0.25) is 0 Å². The van der Waals surface area contributed by atoms with Gasteiger partial charge in [0.05, 0.1) is 34.1 Å². The van der Waals surface area contributed by atoms with Gasteiger partial charge in [-0.05, 0) is 59.9 Å². The van der Waals surface area contributed by atoms with Crippen LogP contribution < -0.4 is 9.80 Å². The van der Waals surface area contributed by atoms with Crippen LogP contribution in [0.25, 0.3) is 21.5 Å². The summed E-state index contributed by atoms with van der Waals surface area (Å²) in [5.41, 5.74) is 3.36. The number of benzene rings is 4. The number of rotatable bonds is 12. The number of thioether (sulfide) groups is 2. The average molecular weight is 683 g/mol. The van der Waals surface area contributed by atoms with Gasteiger partial charge in [-0.1, -0.05) is 91.1 Å². The first-order valence-corrected chi connectivity index (χ1v) is 19.1. The standard InChI is InChI=1S/C33H34N2O6S4/c1-2-23(21-30-34(17-7-19-41-44(36)37)32-26-11-5-3-9-24(26)13-15-28(32)42-30)22-31-35(18-8-20-45(38,39)40)33-27-12-6-4-10-25(27)14-16-29(33)43-31/h3-6,9-16,21-22,30H,2,7-8,17-20H2,1H3,(H,36,37)(H,38,39,40). The van der Waals surface area contributed by atoms with Gasteiger partial charge in [0, 0.05) is 33.7 Å². The fourth-order valence-electron chi connectivity index (χ4n) is 5.89. The Morgan fingerprint density at radius 1 is 0.933 bits per heavy atom. The molecule has 236 valence electrons. The van der Waals surface area contributed by atoms with Gasteiger partial charge in [-0.3, -0.25) is 13.3 Å². The predicted octanol–water partition coefficient (Wildman–Crippen LogP) is 7.84. The Morgan fingerprint density at radius 2 is 1.60 bits per heavy atom. The van der Waals surface area contributed by atoms with Crippen molar-refractivity contribution >= 4 is 77.9 Å². The summed E-state index contributed by atoms with van der Waals surface area (Å²) in [6.45, 7) is 3.40. The second-order valence-corrected chi connectivity index (χ2v) is 15.3. The van der Waals surface area contributed by atoms with E-state index in [-0.39, 0.29) is 17.7 Å². The van der Waals surface area contributed by atoms with E-state index >= 15 is 0 Å². The number of hydrogen-bond donors (Lipinski definition) is 2. The van der Waals surface area contributed by atoms with E-state index in [0.717, 1.165) is 49.5 Å². The molecule has 12 heteroatoms. The Bertz CT molecular complexity index is 1930. The highest BCUT2D eigenvalue weighted by Gasteiger charge is 2.31. The molecule has 8 nitrogen and oxygen atoms in total. The second kappa shape index (κ2) is 13.9. The van der Waals surface area contributed by atoms with Crippen molar-refractivity contribution in [2.75, 3.05) is 35.2 Å². The molecular weight excluding hydrogens is 649 g/mol. The van der Waals surface area contributed by atoms with E-state index in [2.05, 4.69) is 77.4 Å². The maximum Gasteiger partial charge on any atom is 0.301 e. The molecule has 2 N–H and O–H groups in total. The number of fused-ring (bicyclic) bond motifs is 6. The minimum absolute atomic E-state index is 0.000166. The maximum absolute atomic E-state index is 11.6. The first-order chi connectivity index (χ1) is 21.7. The smallest absolute Gasteiger partial charge is 0.301 e. The van der Waals surface area contributed by atoms with Gasteiger partial charge < -0.3 is 9.80 Å². The molecular formula is C33H34N2O6S4. The Kier molecular flexibility index (Phi) is 9.90. The van der Waals surface area contributed by atoms with Gasteiger partial charge in [-0.2, -0.15) is 12.6 Å². The molecule has 45 heavy (non-hydrogen) atoms. The highest BCUT2D eigenvalue weighted by atomic mass is 32.2. The van der Waals surface area contributed by atoms with Crippen LogP contribution in [0.5, 0.6) is 0 Å². The van der Waals surface area contributed by atoms with Crippen LogP contribution in [0.15, 0.2) is 105 Å². The highest BCUT2D eigenvalue weighted by molar-refractivity contribution is 8.03. The third-order valence-electron chi connectivity index (χ3n) is 7.91. The number of hydrogen-bond acceptors (Lipinski definition) is 8. The van der Waals surface area contributed by atoms with Crippen molar-refractivity contribution in [3.05, 3.63) is 95.6 Å². The molecule has 0 saturated heterocycles. The molecule has 2 heterocycles. The van der Waals surface area contributed by atoms with E-state index < -0.39 is 21.5 Å². The van der Waals surface area contributed by atoms with Crippen LogP contribution in [0.2, 0.25) is 0 Å². The van der Waals surface area contributed by atoms with Crippen molar-refractivity contribution in [3.8, 4) is 0 Å². The van der Waals surface area contributed by atoms with Crippen molar-refractivity contribution in [2.24, 2.45) is 0 Å². The summed E-state index contributed by atoms with van der Waals surface area (Å²) in [5, 5.41) is 5.55. The Balaban J connectivity index is 1.35. The van der Waals surface area contributed by atoms with Crippen LogP contribution in [-0.2, 0) is 25.7 Å². The fraction of sp³-hybridized carbons (Fsp3) is 0.273. The predicted molar refractivity (Wildman–Crippen MR) is 187 cm³/mol. The first-order valence-electron chi connectivity index (χ1n) is 14.8. The molecule has 0 aromatic heterocycles. The van der Waals surface area contributed by atoms with Gasteiger partial charge in [0.1, 0.15) is 0 Å². The van der Waals surface area contributed by atoms with E-state index in [1.165, 1.54) is 10.3 Å². The zero-order valence-electron chi connectivity index (χ0n) is 24.7. The highest BCUT2D eigenvalue weighted by Crippen LogP contribution is 2.51. The topological polar surface area (TPSA) is 107 Å². The molecule has 0 radical (unpaired) electrons. The molecule has 2 atom stereocenters. The molecule has 2 aliphatic rings. The lowest BCUT2D eigenvalue weighted by molar-refractivity contribution is 0.302. The monoisotopic (exact) mass is 682 g/mol. The van der Waals surface area contributed by atoms with Crippen LogP contribution in [0.4, 0.5) is 11.4 Å². The summed E-state index contributed by atoms with van der Waals surface area (Å²) in [6, 6.07) is 25.1. The lowest BCUT2D eigenvalue weighted by Crippen LogP contribution is -2.30. The molecule has 0 aliphatic carbocycles. The lowest BCUT2D eigenvalue weighted by atomic mass is 10.1. The van der Waals surface area contributed by atoms with Crippen LogP contribution >= 0.6 is 23.5 Å². The van der Waals surface area contributed by atoms with Crippen molar-refractivity contribution in [2.45, 2.75) is 41.4 Å². The van der Waals surface area contributed by atoms with E-state index in [4.69, 9.17) is 8.74 Å². The van der Waals surface area contributed by atoms with E-state index in [1.807, 2.05) is 24.3 Å². The molecule has 0 amide bonds. The van der Waals surface area contributed by atoms with Crippen LogP contribution in [0.1, 0.15) is 26.2 Å². The van der Waals surface area contributed by atoms with Crippen LogP contribution in [0, 0.1) is 0 Å². The quantitative estimate of drug-likeness (QED) is 0.0872. The van der Waals surface area contributed by atoms with Gasteiger partial charge in [0.25, 0.3) is 10.1 Å². The summed E-state index contributed by atoms with van der Waals surface area (Å²) < 4.78 is 57.7. The summed E-state index contributed by atoms with van der Waals surface area (Å²) in [6.07, 6.45) is 6.15.